The number of carbonyl (C=O) groups excluding carboxylic acids is 1. The van der Waals surface area contributed by atoms with Crippen molar-refractivity contribution in [1.82, 2.24) is 5.32 Å². The Morgan fingerprint density at radius 2 is 0.800 bits per heavy atom. The molecule has 1 amide bonds. The molecule has 9 heteroatoms. The molecular weight excluding hydrogens is 888 g/mol. The van der Waals surface area contributed by atoms with Crippen LogP contribution in [0, 0.1) is 0 Å². The van der Waals surface area contributed by atoms with Gasteiger partial charge in [-0.05, 0) is 57.8 Å². The topological polar surface area (TPSA) is 108 Å². The summed E-state index contributed by atoms with van der Waals surface area (Å²) in [5.41, 5.74) is 0. The second-order valence-electron chi connectivity index (χ2n) is 22.0. The van der Waals surface area contributed by atoms with Crippen LogP contribution in [-0.4, -0.2) is 68.5 Å². The molecule has 8 nitrogen and oxygen atoms in total. The molecule has 2 N–H and O–H groups in total. The maximum Gasteiger partial charge on any atom is 0.268 e. The minimum absolute atomic E-state index is 0.00557. The molecule has 3 unspecified atom stereocenters. The van der Waals surface area contributed by atoms with Crippen LogP contribution in [0.1, 0.15) is 296 Å². The molecule has 0 aromatic carbocycles. The molecule has 70 heavy (non-hydrogen) atoms. The normalized spacial score (nSPS) is 14.1. The van der Waals surface area contributed by atoms with Crippen molar-refractivity contribution >= 4 is 13.7 Å². The molecule has 3 atom stereocenters. The summed E-state index contributed by atoms with van der Waals surface area (Å²) in [5.74, 6) is -0.204. The van der Waals surface area contributed by atoms with E-state index in [2.05, 4.69) is 43.5 Å². The van der Waals surface area contributed by atoms with Gasteiger partial charge in [-0.2, -0.15) is 0 Å². The number of amides is 1. The van der Waals surface area contributed by atoms with E-state index in [1.165, 1.54) is 238 Å². The minimum atomic E-state index is -4.61. The first kappa shape index (κ1) is 68.7. The molecule has 0 heterocycles. The number of phosphoric acid groups is 1. The lowest BCUT2D eigenvalue weighted by molar-refractivity contribution is -0.870. The third-order valence-corrected chi connectivity index (χ3v) is 14.8. The second kappa shape index (κ2) is 52.6. The zero-order chi connectivity index (χ0) is 51.3. The summed E-state index contributed by atoms with van der Waals surface area (Å²) in [6.07, 6.45) is 68.0. The summed E-state index contributed by atoms with van der Waals surface area (Å²) in [5, 5.41) is 13.9. The second-order valence-corrected chi connectivity index (χ2v) is 23.5. The molecule has 0 aromatic heterocycles. The largest absolute Gasteiger partial charge is 0.756 e. The van der Waals surface area contributed by atoms with Crippen molar-refractivity contribution in [3.8, 4) is 0 Å². The van der Waals surface area contributed by atoms with Crippen LogP contribution >= 0.6 is 7.82 Å². The van der Waals surface area contributed by atoms with Gasteiger partial charge in [0.2, 0.25) is 5.91 Å². The van der Waals surface area contributed by atoms with Crippen LogP contribution in [-0.2, 0) is 18.4 Å². The molecule has 0 aromatic rings. The van der Waals surface area contributed by atoms with Crippen molar-refractivity contribution < 1.29 is 32.9 Å². The fraction of sp³-hybridized carbons (Fsp3) is 0.885. The van der Waals surface area contributed by atoms with Gasteiger partial charge in [0, 0.05) is 6.42 Å². The van der Waals surface area contributed by atoms with E-state index in [1.54, 1.807) is 6.08 Å². The predicted molar refractivity (Wildman–Crippen MR) is 302 cm³/mol. The number of likely N-dealkylation sites (N-methyl/N-ethyl adjacent to an activating group) is 1. The Kier molecular flexibility index (Phi) is 51.6. The van der Waals surface area contributed by atoms with Crippen molar-refractivity contribution in [3.05, 3.63) is 36.5 Å². The minimum Gasteiger partial charge on any atom is -0.756 e. The number of rotatable bonds is 56. The maximum absolute atomic E-state index is 13.0. The Balaban J connectivity index is 4.21. The molecule has 0 bridgehead atoms. The Morgan fingerprint density at radius 3 is 1.16 bits per heavy atom. The summed E-state index contributed by atoms with van der Waals surface area (Å²) in [4.78, 5) is 25.5. The van der Waals surface area contributed by atoms with Crippen molar-refractivity contribution in [2.24, 2.45) is 0 Å². The highest BCUT2D eigenvalue weighted by Gasteiger charge is 2.23. The SMILES string of the molecule is CCCCCCCCCC/C=C\CCCCCCCCCCCCCC(=O)NC(COP(=O)([O-])OCC[N+](C)(C)C)C(O)/C=C/CC/C=C/CCCCCCCCCCCCCCCCCCCCC. The first-order valence-corrected chi connectivity index (χ1v) is 31.8. The zero-order valence-electron chi connectivity index (χ0n) is 47.2. The molecule has 0 aliphatic heterocycles. The summed E-state index contributed by atoms with van der Waals surface area (Å²) in [6.45, 7) is 4.67. The van der Waals surface area contributed by atoms with Gasteiger partial charge < -0.3 is 28.8 Å². The summed E-state index contributed by atoms with van der Waals surface area (Å²) < 4.78 is 23.4. The van der Waals surface area contributed by atoms with Crippen LogP contribution in [0.4, 0.5) is 0 Å². The number of quaternary nitrogens is 1. The van der Waals surface area contributed by atoms with Gasteiger partial charge in [0.05, 0.1) is 39.9 Å². The van der Waals surface area contributed by atoms with Gasteiger partial charge in [-0.3, -0.25) is 9.36 Å². The highest BCUT2D eigenvalue weighted by atomic mass is 31.2. The standard InChI is InChI=1S/C61H119N2O6P/c1-6-8-10-12-14-16-18-20-22-24-26-28-30-31-33-34-36-38-40-42-44-46-48-50-52-54-60(64)59(58-69-70(66,67)68-57-56-63(3,4)5)62-61(65)55-53-51-49-47-45-43-41-39-37-35-32-29-27-25-23-21-19-17-15-13-11-9-7-2/h25,27,44,46,52,54,59-60,64H,6-24,26,28-43,45,47-51,53,55-58H2,1-5H3,(H-,62,65,66,67)/b27-25-,46-44+,54-52+. The van der Waals surface area contributed by atoms with Gasteiger partial charge in [0.25, 0.3) is 7.82 Å². The number of hydrogen-bond acceptors (Lipinski definition) is 6. The van der Waals surface area contributed by atoms with E-state index >= 15 is 0 Å². The quantitative estimate of drug-likeness (QED) is 0.0272. The Labute approximate surface area is 436 Å². The van der Waals surface area contributed by atoms with Crippen LogP contribution < -0.4 is 10.2 Å². The van der Waals surface area contributed by atoms with E-state index in [1.807, 2.05) is 27.2 Å². The summed E-state index contributed by atoms with van der Waals surface area (Å²) in [7, 11) is 1.25. The number of phosphoric ester groups is 1. The molecule has 414 valence electrons. The number of unbranched alkanes of at least 4 members (excludes halogenated alkanes) is 39. The molecule has 0 aliphatic rings. The number of hydrogen-bond donors (Lipinski definition) is 2. The van der Waals surface area contributed by atoms with Crippen molar-refractivity contribution in [1.29, 1.82) is 0 Å². The lowest BCUT2D eigenvalue weighted by Crippen LogP contribution is -2.45. The summed E-state index contributed by atoms with van der Waals surface area (Å²) >= 11 is 0. The van der Waals surface area contributed by atoms with Crippen LogP contribution in [0.3, 0.4) is 0 Å². The number of allylic oxidation sites excluding steroid dienone is 5. The highest BCUT2D eigenvalue weighted by molar-refractivity contribution is 7.45. The fourth-order valence-corrected chi connectivity index (χ4v) is 9.77. The van der Waals surface area contributed by atoms with E-state index in [9.17, 15) is 19.4 Å². The monoisotopic (exact) mass is 1010 g/mol. The number of aliphatic hydroxyl groups excluding tert-OH is 1. The average Bonchev–Trinajstić information content (AvgIpc) is 3.32. The molecule has 0 rings (SSSR count). The highest BCUT2D eigenvalue weighted by Crippen LogP contribution is 2.38. The van der Waals surface area contributed by atoms with E-state index in [-0.39, 0.29) is 12.5 Å². The van der Waals surface area contributed by atoms with Crippen molar-refractivity contribution in [3.63, 3.8) is 0 Å². The van der Waals surface area contributed by atoms with Gasteiger partial charge in [0.15, 0.2) is 0 Å². The van der Waals surface area contributed by atoms with Crippen LogP contribution in [0.2, 0.25) is 0 Å². The van der Waals surface area contributed by atoms with E-state index in [0.29, 0.717) is 17.4 Å². The van der Waals surface area contributed by atoms with E-state index in [4.69, 9.17) is 9.05 Å². The fourth-order valence-electron chi connectivity index (χ4n) is 9.05. The average molecular weight is 1010 g/mol. The predicted octanol–water partition coefficient (Wildman–Crippen LogP) is 17.9. The molecule has 0 spiro atoms. The van der Waals surface area contributed by atoms with Gasteiger partial charge in [-0.1, -0.05) is 269 Å². The number of aliphatic hydroxyl groups is 1. The van der Waals surface area contributed by atoms with Crippen LogP contribution in [0.25, 0.3) is 0 Å². The van der Waals surface area contributed by atoms with Gasteiger partial charge in [0.1, 0.15) is 13.2 Å². The number of nitrogens with one attached hydrogen (secondary N) is 1. The molecule has 0 aliphatic carbocycles. The Morgan fingerprint density at radius 1 is 0.486 bits per heavy atom. The van der Waals surface area contributed by atoms with Crippen molar-refractivity contribution in [2.45, 2.75) is 309 Å². The first-order valence-electron chi connectivity index (χ1n) is 30.4. The first-order chi connectivity index (χ1) is 34.0. The molecule has 0 radical (unpaired) electrons. The number of carbonyl (C=O) groups is 1. The lowest BCUT2D eigenvalue weighted by Gasteiger charge is -2.29. The molecule has 0 saturated heterocycles. The maximum atomic E-state index is 13.0. The van der Waals surface area contributed by atoms with Gasteiger partial charge >= 0.3 is 0 Å². The third kappa shape index (κ3) is 54.5. The van der Waals surface area contributed by atoms with E-state index < -0.39 is 26.6 Å². The molecule has 0 fully saturated rings. The third-order valence-electron chi connectivity index (χ3n) is 13.8. The van der Waals surface area contributed by atoms with E-state index in [0.717, 1.165) is 38.5 Å². The Hall–Kier alpha value is -1.28. The van der Waals surface area contributed by atoms with Crippen LogP contribution in [0.5, 0.6) is 0 Å². The van der Waals surface area contributed by atoms with Gasteiger partial charge in [-0.15, -0.1) is 0 Å². The Bertz CT molecular complexity index is 1230. The van der Waals surface area contributed by atoms with Gasteiger partial charge in [-0.25, -0.2) is 0 Å². The molecule has 0 saturated carbocycles. The van der Waals surface area contributed by atoms with Crippen LogP contribution in [0.15, 0.2) is 36.5 Å². The van der Waals surface area contributed by atoms with Crippen molar-refractivity contribution in [2.75, 3.05) is 40.9 Å². The lowest BCUT2D eigenvalue weighted by atomic mass is 10.0. The molecular formula is C61H119N2O6P. The smallest absolute Gasteiger partial charge is 0.268 e. The number of nitrogens with zero attached hydrogens (tertiary/aromatic N) is 1. The summed E-state index contributed by atoms with van der Waals surface area (Å²) in [6, 6.07) is -0.904. The zero-order valence-corrected chi connectivity index (χ0v) is 48.1.